The first-order valence-corrected chi connectivity index (χ1v) is 12.6. The predicted molar refractivity (Wildman–Crippen MR) is 127 cm³/mol. The molecule has 31 heavy (non-hydrogen) atoms. The zero-order chi connectivity index (χ0) is 22.2. The zero-order valence-corrected chi connectivity index (χ0v) is 20.0. The fraction of sp³-hybridized carbons (Fsp3) is 0.714. The number of rotatable bonds is 2. The highest BCUT2D eigenvalue weighted by molar-refractivity contribution is 5.83. The van der Waals surface area contributed by atoms with Crippen molar-refractivity contribution in [1.29, 1.82) is 0 Å². The first kappa shape index (κ1) is 21.5. The van der Waals surface area contributed by atoms with Gasteiger partial charge in [0.1, 0.15) is 0 Å². The van der Waals surface area contributed by atoms with Crippen LogP contribution >= 0.6 is 0 Å². The Hall–Kier alpha value is -1.32. The van der Waals surface area contributed by atoms with Gasteiger partial charge in [0.05, 0.1) is 11.7 Å². The molecule has 3 saturated carbocycles. The van der Waals surface area contributed by atoms with Gasteiger partial charge in [0.2, 0.25) is 0 Å². The molecule has 3 nitrogen and oxygen atoms in total. The van der Waals surface area contributed by atoms with Gasteiger partial charge in [0.25, 0.3) is 0 Å². The molecule has 1 heterocycles. The third-order valence-corrected chi connectivity index (χ3v) is 10.5. The van der Waals surface area contributed by atoms with Crippen molar-refractivity contribution >= 4 is 10.9 Å². The molecule has 1 spiro atoms. The number of para-hydroxylation sites is 1. The van der Waals surface area contributed by atoms with E-state index < -0.39 is 5.60 Å². The van der Waals surface area contributed by atoms with Crippen molar-refractivity contribution in [3.05, 3.63) is 36.0 Å². The first-order valence-electron chi connectivity index (χ1n) is 12.6. The van der Waals surface area contributed by atoms with Gasteiger partial charge in [-0.1, -0.05) is 39.0 Å². The molecule has 2 aromatic rings. The quantitative estimate of drug-likeness (QED) is 0.534. The lowest BCUT2D eigenvalue weighted by molar-refractivity contribution is -0.239. The van der Waals surface area contributed by atoms with Crippen molar-refractivity contribution in [2.24, 2.45) is 34.5 Å². The zero-order valence-electron chi connectivity index (χ0n) is 20.0. The third kappa shape index (κ3) is 2.85. The molecule has 1 aromatic heterocycles. The highest BCUT2D eigenvalue weighted by Gasteiger charge is 2.68. The maximum atomic E-state index is 11.7. The maximum absolute atomic E-state index is 11.7. The summed E-state index contributed by atoms with van der Waals surface area (Å²) in [6.45, 7) is 11.4. The molecule has 3 aliphatic carbocycles. The predicted octanol–water partition coefficient (Wildman–Crippen LogP) is 6.26. The summed E-state index contributed by atoms with van der Waals surface area (Å²) < 4.78 is 0. The Bertz CT molecular complexity index is 957. The van der Waals surface area contributed by atoms with Crippen LogP contribution in [0.2, 0.25) is 0 Å². The van der Waals surface area contributed by atoms with Crippen molar-refractivity contribution in [2.75, 3.05) is 0 Å². The second kappa shape index (κ2) is 7.09. The average Bonchev–Trinajstić information content (AvgIpc) is 3.15. The molecule has 0 bridgehead atoms. The Kier molecular flexibility index (Phi) is 4.92. The van der Waals surface area contributed by atoms with Crippen LogP contribution in [0.3, 0.4) is 0 Å². The van der Waals surface area contributed by atoms with Gasteiger partial charge in [-0.2, -0.15) is 0 Å². The van der Waals surface area contributed by atoms with Crippen molar-refractivity contribution in [3.63, 3.8) is 0 Å². The van der Waals surface area contributed by atoms with E-state index in [-0.39, 0.29) is 28.8 Å². The average molecular weight is 424 g/mol. The van der Waals surface area contributed by atoms with Gasteiger partial charge < -0.3 is 15.2 Å². The second-order valence-corrected chi connectivity index (χ2v) is 12.1. The summed E-state index contributed by atoms with van der Waals surface area (Å²) in [7, 11) is 0. The molecule has 0 amide bonds. The van der Waals surface area contributed by atoms with Gasteiger partial charge >= 0.3 is 0 Å². The van der Waals surface area contributed by atoms with Crippen LogP contribution in [0.25, 0.3) is 10.9 Å². The van der Waals surface area contributed by atoms with Gasteiger partial charge in [0.15, 0.2) is 0 Å². The van der Waals surface area contributed by atoms with E-state index in [1.54, 1.807) is 0 Å². The summed E-state index contributed by atoms with van der Waals surface area (Å²) in [5, 5.41) is 24.4. The number of nitrogens with one attached hydrogen (secondary N) is 1. The van der Waals surface area contributed by atoms with Crippen LogP contribution in [-0.4, -0.2) is 26.9 Å². The molecule has 8 atom stereocenters. The minimum atomic E-state index is -0.747. The maximum Gasteiger partial charge on any atom is 0.0625 e. The van der Waals surface area contributed by atoms with E-state index in [0.29, 0.717) is 17.8 Å². The molecular formula is C28H41NO2. The number of aliphatic hydroxyl groups excluding tert-OH is 1. The van der Waals surface area contributed by atoms with Crippen molar-refractivity contribution in [3.8, 4) is 0 Å². The number of hydrogen-bond acceptors (Lipinski definition) is 2. The number of hydrogen-bond donors (Lipinski definition) is 3. The Labute approximate surface area is 187 Å². The third-order valence-electron chi connectivity index (χ3n) is 10.5. The summed E-state index contributed by atoms with van der Waals surface area (Å²) in [5.41, 5.74) is 1.89. The summed E-state index contributed by atoms with van der Waals surface area (Å²) in [5.74, 6) is 1.99. The van der Waals surface area contributed by atoms with E-state index in [1.807, 2.05) is 13.8 Å². The van der Waals surface area contributed by atoms with Gasteiger partial charge in [-0.05, 0) is 99.0 Å². The van der Waals surface area contributed by atoms with Gasteiger partial charge in [-0.15, -0.1) is 0 Å². The van der Waals surface area contributed by atoms with Crippen LogP contribution in [0.4, 0.5) is 0 Å². The Balaban J connectivity index is 1.75. The van der Waals surface area contributed by atoms with Crippen LogP contribution in [0, 0.1) is 34.5 Å². The van der Waals surface area contributed by atoms with Crippen molar-refractivity contribution < 1.29 is 10.2 Å². The highest BCUT2D eigenvalue weighted by Crippen LogP contribution is 2.72. The van der Waals surface area contributed by atoms with E-state index in [4.69, 9.17) is 0 Å². The lowest BCUT2D eigenvalue weighted by Crippen LogP contribution is -2.66. The fourth-order valence-corrected chi connectivity index (χ4v) is 8.81. The number of aromatic nitrogens is 1. The van der Waals surface area contributed by atoms with Crippen LogP contribution in [0.15, 0.2) is 30.5 Å². The summed E-state index contributed by atoms with van der Waals surface area (Å²) in [4.78, 5) is 3.52. The van der Waals surface area contributed by atoms with Gasteiger partial charge in [-0.3, -0.25) is 0 Å². The molecule has 0 aliphatic heterocycles. The van der Waals surface area contributed by atoms with E-state index in [2.05, 4.69) is 56.2 Å². The topological polar surface area (TPSA) is 56.2 Å². The van der Waals surface area contributed by atoms with Gasteiger partial charge in [-0.25, -0.2) is 0 Å². The summed E-state index contributed by atoms with van der Waals surface area (Å²) in [6.07, 6.45) is 8.49. The Morgan fingerprint density at radius 2 is 1.77 bits per heavy atom. The molecular weight excluding hydrogens is 382 g/mol. The van der Waals surface area contributed by atoms with E-state index in [0.717, 1.165) is 25.7 Å². The number of benzene rings is 1. The highest BCUT2D eigenvalue weighted by atomic mass is 16.3. The number of aliphatic hydroxyl groups is 2. The SMILES string of the molecule is C[C@@H]1CC[C@@]2(C)[C@H](C)CC[C@H](O)[C@]23CC[C@@H](C(C)(C)O)[C@H](c2c[nH]c4ccccc24)[C@H]13. The monoisotopic (exact) mass is 423 g/mol. The molecule has 3 aliphatic rings. The first-order chi connectivity index (χ1) is 14.6. The molecule has 0 unspecified atom stereocenters. The van der Waals surface area contributed by atoms with E-state index >= 15 is 0 Å². The van der Waals surface area contributed by atoms with E-state index in [1.165, 1.54) is 29.3 Å². The standard InChI is InChI=1S/C28H41NO2/c1-17-12-14-27(5)18(2)10-11-23(30)28(27)15-13-21(26(3,4)31)24(25(17)28)20-16-29-22-9-7-6-8-19(20)22/h6-9,16-18,21,23-25,29-31H,10-15H2,1-5H3/t17-,18-,21-,23+,24+,25+,27+,28+/m1/s1. The molecule has 0 saturated heterocycles. The second-order valence-electron chi connectivity index (χ2n) is 12.1. The van der Waals surface area contributed by atoms with E-state index in [9.17, 15) is 10.2 Å². The molecule has 3 fully saturated rings. The van der Waals surface area contributed by atoms with Crippen LogP contribution in [0.5, 0.6) is 0 Å². The lowest BCUT2D eigenvalue weighted by atomic mass is 9.35. The van der Waals surface area contributed by atoms with Crippen LogP contribution in [0.1, 0.15) is 84.6 Å². The largest absolute Gasteiger partial charge is 0.393 e. The molecule has 5 rings (SSSR count). The number of fused-ring (bicyclic) bond motifs is 1. The summed E-state index contributed by atoms with van der Waals surface area (Å²) in [6, 6.07) is 8.60. The molecule has 0 radical (unpaired) electrons. The minimum Gasteiger partial charge on any atom is -0.393 e. The smallest absolute Gasteiger partial charge is 0.0625 e. The fourth-order valence-electron chi connectivity index (χ4n) is 8.81. The Morgan fingerprint density at radius 3 is 2.52 bits per heavy atom. The van der Waals surface area contributed by atoms with Crippen molar-refractivity contribution in [2.45, 2.75) is 90.8 Å². The molecule has 1 aromatic carbocycles. The van der Waals surface area contributed by atoms with Crippen LogP contribution in [-0.2, 0) is 0 Å². The minimum absolute atomic E-state index is 0.0624. The molecule has 3 heteroatoms. The lowest BCUT2D eigenvalue weighted by Gasteiger charge is -2.70. The van der Waals surface area contributed by atoms with Crippen molar-refractivity contribution in [1.82, 2.24) is 4.98 Å². The normalized spacial score (nSPS) is 43.5. The molecule has 3 N–H and O–H groups in total. The molecule has 170 valence electrons. The van der Waals surface area contributed by atoms with Crippen LogP contribution < -0.4 is 0 Å². The van der Waals surface area contributed by atoms with Gasteiger partial charge in [0, 0.05) is 22.5 Å². The number of H-pyrrole nitrogens is 1. The number of aromatic amines is 1. The summed E-state index contributed by atoms with van der Waals surface area (Å²) >= 11 is 0. The Morgan fingerprint density at radius 1 is 1.03 bits per heavy atom.